The molecule has 2 aromatic carbocycles. The van der Waals surface area contributed by atoms with Gasteiger partial charge < -0.3 is 20.3 Å². The third-order valence-corrected chi connectivity index (χ3v) is 5.37. The highest BCUT2D eigenvalue weighted by Gasteiger charge is 2.31. The molecule has 0 saturated heterocycles. The molecule has 0 fully saturated rings. The predicted octanol–water partition coefficient (Wildman–Crippen LogP) is 3.89. The molecule has 0 bridgehead atoms. The summed E-state index contributed by atoms with van der Waals surface area (Å²) in [4.78, 5) is 27.2. The monoisotopic (exact) mass is 409 g/mol. The molecule has 6 heteroatoms. The quantitative estimate of drug-likeness (QED) is 0.759. The van der Waals surface area contributed by atoms with Gasteiger partial charge in [0.05, 0.1) is 18.8 Å². The highest BCUT2D eigenvalue weighted by Crippen LogP contribution is 2.34. The molecule has 1 aliphatic heterocycles. The summed E-state index contributed by atoms with van der Waals surface area (Å²) in [6.07, 6.45) is -0.660. The third-order valence-electron chi connectivity index (χ3n) is 5.37. The van der Waals surface area contributed by atoms with E-state index in [9.17, 15) is 9.59 Å². The van der Waals surface area contributed by atoms with Gasteiger partial charge >= 0.3 is 0 Å². The molecule has 0 radical (unpaired) electrons. The number of carbonyl (C=O) groups is 2. The molecule has 1 atom stereocenters. The van der Waals surface area contributed by atoms with E-state index in [4.69, 9.17) is 4.74 Å². The Kier molecular flexibility index (Phi) is 6.65. The largest absolute Gasteiger partial charge is 0.477 e. The van der Waals surface area contributed by atoms with E-state index in [1.165, 1.54) is 0 Å². The summed E-state index contributed by atoms with van der Waals surface area (Å²) < 4.78 is 5.83. The Bertz CT molecular complexity index is 897. The smallest absolute Gasteiger partial charge is 0.262 e. The van der Waals surface area contributed by atoms with Crippen LogP contribution in [0.5, 0.6) is 5.75 Å². The molecule has 30 heavy (non-hydrogen) atoms. The lowest BCUT2D eigenvalue weighted by molar-refractivity contribution is -0.127. The molecule has 0 aromatic heterocycles. The average Bonchev–Trinajstić information content (AvgIpc) is 2.72. The maximum absolute atomic E-state index is 13.1. The van der Waals surface area contributed by atoms with Crippen molar-refractivity contribution in [2.24, 2.45) is 0 Å². The van der Waals surface area contributed by atoms with Gasteiger partial charge in [-0.3, -0.25) is 9.59 Å². The summed E-state index contributed by atoms with van der Waals surface area (Å²) in [6.45, 7) is 8.95. The van der Waals surface area contributed by atoms with E-state index in [0.29, 0.717) is 24.1 Å². The molecular formula is C24H31N3O3. The molecule has 2 N–H and O–H groups in total. The molecular weight excluding hydrogens is 378 g/mol. The van der Waals surface area contributed by atoms with Gasteiger partial charge in [-0.1, -0.05) is 58.0 Å². The molecule has 2 amide bonds. The van der Waals surface area contributed by atoms with Crippen LogP contribution in [0, 0.1) is 0 Å². The SMILES string of the molecule is CNC(=O)C1CN(CC(=O)Nc2c(C(C)C)cccc2C(C)C)c2ccccc2O1. The molecule has 3 rings (SSSR count). The fraction of sp³-hybridized carbons (Fsp3) is 0.417. The summed E-state index contributed by atoms with van der Waals surface area (Å²) in [5.41, 5.74) is 3.96. The first kappa shape index (κ1) is 21.7. The van der Waals surface area contributed by atoms with Gasteiger partial charge in [-0.15, -0.1) is 0 Å². The summed E-state index contributed by atoms with van der Waals surface area (Å²) >= 11 is 0. The normalized spacial score (nSPS) is 15.6. The lowest BCUT2D eigenvalue weighted by atomic mass is 9.92. The van der Waals surface area contributed by atoms with Crippen LogP contribution in [0.2, 0.25) is 0 Å². The minimum atomic E-state index is -0.660. The topological polar surface area (TPSA) is 70.7 Å². The van der Waals surface area contributed by atoms with Crippen molar-refractivity contribution in [1.29, 1.82) is 0 Å². The van der Waals surface area contributed by atoms with Gasteiger partial charge in [-0.25, -0.2) is 0 Å². The second-order valence-corrected chi connectivity index (χ2v) is 8.24. The van der Waals surface area contributed by atoms with Crippen molar-refractivity contribution in [2.75, 3.05) is 30.4 Å². The van der Waals surface area contributed by atoms with Crippen molar-refractivity contribution < 1.29 is 14.3 Å². The number of hydrogen-bond acceptors (Lipinski definition) is 4. The fourth-order valence-electron chi connectivity index (χ4n) is 3.80. The van der Waals surface area contributed by atoms with Crippen LogP contribution >= 0.6 is 0 Å². The van der Waals surface area contributed by atoms with E-state index in [0.717, 1.165) is 22.5 Å². The van der Waals surface area contributed by atoms with E-state index >= 15 is 0 Å². The summed E-state index contributed by atoms with van der Waals surface area (Å²) in [5, 5.41) is 5.78. The number of benzene rings is 2. The minimum Gasteiger partial charge on any atom is -0.477 e. The van der Waals surface area contributed by atoms with Gasteiger partial charge in [-0.05, 0) is 35.1 Å². The van der Waals surface area contributed by atoms with Crippen molar-refractivity contribution in [3.05, 3.63) is 53.6 Å². The van der Waals surface area contributed by atoms with Crippen LogP contribution in [-0.2, 0) is 9.59 Å². The van der Waals surface area contributed by atoms with Crippen LogP contribution in [0.1, 0.15) is 50.7 Å². The van der Waals surface area contributed by atoms with Crippen molar-refractivity contribution in [2.45, 2.75) is 45.6 Å². The zero-order valence-corrected chi connectivity index (χ0v) is 18.4. The van der Waals surface area contributed by atoms with Crippen LogP contribution < -0.4 is 20.3 Å². The number of fused-ring (bicyclic) bond motifs is 1. The first-order valence-corrected chi connectivity index (χ1v) is 10.5. The van der Waals surface area contributed by atoms with E-state index in [2.05, 4.69) is 50.5 Å². The van der Waals surface area contributed by atoms with E-state index < -0.39 is 6.10 Å². The van der Waals surface area contributed by atoms with Crippen molar-refractivity contribution >= 4 is 23.2 Å². The van der Waals surface area contributed by atoms with Crippen LogP contribution in [0.15, 0.2) is 42.5 Å². The predicted molar refractivity (Wildman–Crippen MR) is 120 cm³/mol. The van der Waals surface area contributed by atoms with Crippen molar-refractivity contribution in [1.82, 2.24) is 5.32 Å². The zero-order valence-electron chi connectivity index (χ0n) is 18.4. The number of amides is 2. The molecule has 0 spiro atoms. The molecule has 2 aromatic rings. The van der Waals surface area contributed by atoms with Gasteiger partial charge in [0.15, 0.2) is 6.10 Å². The fourth-order valence-corrected chi connectivity index (χ4v) is 3.80. The molecule has 160 valence electrons. The van der Waals surface area contributed by atoms with Gasteiger partial charge in [0.25, 0.3) is 5.91 Å². The summed E-state index contributed by atoms with van der Waals surface area (Å²) in [5.74, 6) is 0.872. The first-order valence-electron chi connectivity index (χ1n) is 10.5. The highest BCUT2D eigenvalue weighted by atomic mass is 16.5. The highest BCUT2D eigenvalue weighted by molar-refractivity contribution is 5.96. The van der Waals surface area contributed by atoms with E-state index in [1.54, 1.807) is 7.05 Å². The van der Waals surface area contributed by atoms with Crippen molar-refractivity contribution in [3.8, 4) is 5.75 Å². The zero-order chi connectivity index (χ0) is 21.8. The van der Waals surface area contributed by atoms with Crippen LogP contribution in [-0.4, -0.2) is 38.1 Å². The number of nitrogens with one attached hydrogen (secondary N) is 2. The number of ether oxygens (including phenoxy) is 1. The average molecular weight is 410 g/mol. The lowest BCUT2D eigenvalue weighted by Gasteiger charge is -2.35. The Morgan fingerprint density at radius 2 is 1.67 bits per heavy atom. The van der Waals surface area contributed by atoms with Crippen LogP contribution in [0.25, 0.3) is 0 Å². The standard InChI is InChI=1S/C24H31N3O3/c1-15(2)17-9-8-10-18(16(3)4)23(17)26-22(28)14-27-13-21(24(29)25-5)30-20-12-7-6-11-19(20)27/h6-12,15-16,21H,13-14H2,1-5H3,(H,25,29)(H,26,28). The molecule has 0 aliphatic carbocycles. The Hall–Kier alpha value is -3.02. The minimum absolute atomic E-state index is 0.114. The maximum Gasteiger partial charge on any atom is 0.262 e. The van der Waals surface area contributed by atoms with Crippen LogP contribution in [0.4, 0.5) is 11.4 Å². The third kappa shape index (κ3) is 4.58. The molecule has 1 heterocycles. The van der Waals surface area contributed by atoms with Gasteiger partial charge in [0.1, 0.15) is 5.75 Å². The number of anilines is 2. The van der Waals surface area contributed by atoms with Gasteiger partial charge in [-0.2, -0.15) is 0 Å². The Morgan fingerprint density at radius 3 is 2.27 bits per heavy atom. The lowest BCUT2D eigenvalue weighted by Crippen LogP contribution is -2.50. The molecule has 6 nitrogen and oxygen atoms in total. The number of hydrogen-bond donors (Lipinski definition) is 2. The number of para-hydroxylation sites is 3. The number of rotatable bonds is 6. The summed E-state index contributed by atoms with van der Waals surface area (Å²) in [6, 6.07) is 13.7. The number of likely N-dealkylation sites (N-methyl/N-ethyl adjacent to an activating group) is 1. The van der Waals surface area contributed by atoms with E-state index in [-0.39, 0.29) is 18.4 Å². The Labute approximate surface area is 178 Å². The Balaban J connectivity index is 1.85. The number of carbonyl (C=O) groups excluding carboxylic acids is 2. The number of nitrogens with zero attached hydrogens (tertiary/aromatic N) is 1. The maximum atomic E-state index is 13.1. The van der Waals surface area contributed by atoms with Crippen LogP contribution in [0.3, 0.4) is 0 Å². The van der Waals surface area contributed by atoms with Gasteiger partial charge in [0.2, 0.25) is 5.91 Å². The van der Waals surface area contributed by atoms with Crippen molar-refractivity contribution in [3.63, 3.8) is 0 Å². The molecule has 1 aliphatic rings. The Morgan fingerprint density at radius 1 is 1.03 bits per heavy atom. The summed E-state index contributed by atoms with van der Waals surface area (Å²) in [7, 11) is 1.58. The molecule has 0 saturated carbocycles. The van der Waals surface area contributed by atoms with E-state index in [1.807, 2.05) is 35.2 Å². The van der Waals surface area contributed by atoms with Gasteiger partial charge in [0, 0.05) is 12.7 Å². The second-order valence-electron chi connectivity index (χ2n) is 8.24. The first-order chi connectivity index (χ1) is 14.3. The molecule has 1 unspecified atom stereocenters. The second kappa shape index (κ2) is 9.20.